The lowest BCUT2D eigenvalue weighted by Gasteiger charge is -1.99. The average Bonchev–Trinajstić information content (AvgIpc) is 2.79. The normalized spacial score (nSPS) is 10.8. The maximum atomic E-state index is 11.4. The van der Waals surface area contributed by atoms with Crippen LogP contribution in [0.2, 0.25) is 0 Å². The fraction of sp³-hybridized carbons (Fsp3) is 0.0667. The van der Waals surface area contributed by atoms with E-state index >= 15 is 0 Å². The van der Waals surface area contributed by atoms with Crippen LogP contribution >= 0.6 is 15.9 Å². The number of carbonyl (C=O) groups is 1. The predicted octanol–water partition coefficient (Wildman–Crippen LogP) is 3.88. The molecule has 0 bridgehead atoms. The maximum absolute atomic E-state index is 11.4. The molecule has 4 heteroatoms. The van der Waals surface area contributed by atoms with Crippen molar-refractivity contribution in [1.29, 1.82) is 0 Å². The highest BCUT2D eigenvalue weighted by molar-refractivity contribution is 9.10. The minimum atomic E-state index is 0.580. The molecule has 2 aromatic heterocycles. The highest BCUT2D eigenvalue weighted by atomic mass is 79.9. The third-order valence-corrected chi connectivity index (χ3v) is 3.59. The van der Waals surface area contributed by atoms with Crippen LogP contribution in [-0.4, -0.2) is 15.7 Å². The van der Waals surface area contributed by atoms with Crippen molar-refractivity contribution >= 4 is 27.9 Å². The summed E-state index contributed by atoms with van der Waals surface area (Å²) in [7, 11) is 0. The Morgan fingerprint density at radius 2 is 2.11 bits per heavy atom. The van der Waals surface area contributed by atoms with Crippen molar-refractivity contribution in [3.05, 3.63) is 58.3 Å². The molecule has 2 heterocycles. The second kappa shape index (κ2) is 4.63. The number of imidazole rings is 1. The minimum Gasteiger partial charge on any atom is -0.297 e. The number of halogens is 1. The van der Waals surface area contributed by atoms with Gasteiger partial charge in [0.05, 0.1) is 0 Å². The molecule has 0 saturated carbocycles. The Morgan fingerprint density at radius 3 is 2.84 bits per heavy atom. The smallest absolute Gasteiger partial charge is 0.169 e. The second-order valence-electron chi connectivity index (χ2n) is 4.36. The van der Waals surface area contributed by atoms with Crippen molar-refractivity contribution in [2.75, 3.05) is 0 Å². The van der Waals surface area contributed by atoms with Crippen LogP contribution in [0.5, 0.6) is 0 Å². The molecule has 0 radical (unpaired) electrons. The summed E-state index contributed by atoms with van der Waals surface area (Å²) in [6, 6.07) is 11.7. The van der Waals surface area contributed by atoms with Gasteiger partial charge in [0.1, 0.15) is 17.0 Å². The van der Waals surface area contributed by atoms with Gasteiger partial charge in [-0.3, -0.25) is 9.20 Å². The maximum Gasteiger partial charge on any atom is 0.169 e. The van der Waals surface area contributed by atoms with Gasteiger partial charge in [-0.25, -0.2) is 4.98 Å². The third-order valence-electron chi connectivity index (χ3n) is 3.09. The Bertz CT molecular complexity index is 777. The highest BCUT2D eigenvalue weighted by Crippen LogP contribution is 2.26. The molecule has 0 aliphatic rings. The summed E-state index contributed by atoms with van der Waals surface area (Å²) < 4.78 is 2.80. The molecule has 1 aromatic carbocycles. The summed E-state index contributed by atoms with van der Waals surface area (Å²) in [5.74, 6) is 0. The van der Waals surface area contributed by atoms with Gasteiger partial charge < -0.3 is 0 Å². The number of nitrogens with zero attached hydrogens (tertiary/aromatic N) is 2. The SMILES string of the molecule is Cc1cccn2c(C=O)c(-c3cccc(Br)c3)nc12. The van der Waals surface area contributed by atoms with Crippen LogP contribution in [0, 0.1) is 6.92 Å². The highest BCUT2D eigenvalue weighted by Gasteiger charge is 2.14. The van der Waals surface area contributed by atoms with Crippen LogP contribution in [0.4, 0.5) is 0 Å². The Kier molecular flexibility index (Phi) is 2.95. The Balaban J connectivity index is 2.35. The lowest BCUT2D eigenvalue weighted by molar-refractivity contribution is 0.111. The zero-order valence-corrected chi connectivity index (χ0v) is 11.9. The summed E-state index contributed by atoms with van der Waals surface area (Å²) in [6.07, 6.45) is 2.72. The Hall–Kier alpha value is -1.94. The molecule has 0 atom stereocenters. The van der Waals surface area contributed by atoms with Gasteiger partial charge in [-0.15, -0.1) is 0 Å². The van der Waals surface area contributed by atoms with E-state index in [1.807, 2.05) is 53.9 Å². The molecule has 0 saturated heterocycles. The van der Waals surface area contributed by atoms with E-state index in [4.69, 9.17) is 0 Å². The van der Waals surface area contributed by atoms with Gasteiger partial charge in [-0.05, 0) is 30.7 Å². The Morgan fingerprint density at radius 1 is 1.26 bits per heavy atom. The fourth-order valence-electron chi connectivity index (χ4n) is 2.18. The number of aromatic nitrogens is 2. The second-order valence-corrected chi connectivity index (χ2v) is 5.27. The molecule has 0 aliphatic heterocycles. The Labute approximate surface area is 119 Å². The lowest BCUT2D eigenvalue weighted by Crippen LogP contribution is -1.92. The summed E-state index contributed by atoms with van der Waals surface area (Å²) in [4.78, 5) is 16.0. The number of aryl methyl sites for hydroxylation is 1. The standard InChI is InChI=1S/C15H11BrN2O/c1-10-4-3-7-18-13(9-19)14(17-15(10)18)11-5-2-6-12(16)8-11/h2-9H,1H3. The topological polar surface area (TPSA) is 34.4 Å². The first-order valence-corrected chi connectivity index (χ1v) is 6.69. The van der Waals surface area contributed by atoms with Crippen molar-refractivity contribution in [2.24, 2.45) is 0 Å². The van der Waals surface area contributed by atoms with Crippen LogP contribution in [-0.2, 0) is 0 Å². The zero-order chi connectivity index (χ0) is 13.4. The first kappa shape index (κ1) is 12.1. The van der Waals surface area contributed by atoms with Crippen molar-refractivity contribution < 1.29 is 4.79 Å². The molecular weight excluding hydrogens is 304 g/mol. The average molecular weight is 315 g/mol. The molecule has 0 N–H and O–H groups in total. The molecule has 3 nitrogen and oxygen atoms in total. The van der Waals surface area contributed by atoms with Gasteiger partial charge in [-0.2, -0.15) is 0 Å². The predicted molar refractivity (Wildman–Crippen MR) is 78.5 cm³/mol. The van der Waals surface area contributed by atoms with Crippen molar-refractivity contribution in [3.63, 3.8) is 0 Å². The summed E-state index contributed by atoms with van der Waals surface area (Å²) >= 11 is 3.44. The molecule has 19 heavy (non-hydrogen) atoms. The minimum absolute atomic E-state index is 0.580. The number of aldehydes is 1. The number of benzene rings is 1. The molecule has 0 unspecified atom stereocenters. The van der Waals surface area contributed by atoms with E-state index in [0.29, 0.717) is 11.4 Å². The molecule has 0 amide bonds. The van der Waals surface area contributed by atoms with E-state index in [1.54, 1.807) is 0 Å². The van der Waals surface area contributed by atoms with Crippen LogP contribution in [0.3, 0.4) is 0 Å². The largest absolute Gasteiger partial charge is 0.297 e. The van der Waals surface area contributed by atoms with E-state index in [9.17, 15) is 4.79 Å². The van der Waals surface area contributed by atoms with Gasteiger partial charge in [0.2, 0.25) is 0 Å². The van der Waals surface area contributed by atoms with Gasteiger partial charge >= 0.3 is 0 Å². The van der Waals surface area contributed by atoms with Crippen molar-refractivity contribution in [2.45, 2.75) is 6.92 Å². The summed E-state index contributed by atoms with van der Waals surface area (Å²) in [6.45, 7) is 1.99. The fourth-order valence-corrected chi connectivity index (χ4v) is 2.58. The van der Waals surface area contributed by atoms with Gasteiger partial charge in [0.15, 0.2) is 6.29 Å². The number of hydrogen-bond donors (Lipinski definition) is 0. The molecule has 3 rings (SSSR count). The number of rotatable bonds is 2. The lowest BCUT2D eigenvalue weighted by atomic mass is 10.1. The number of pyridine rings is 1. The molecule has 94 valence electrons. The quantitative estimate of drug-likeness (QED) is 0.673. The molecule has 3 aromatic rings. The van der Waals surface area contributed by atoms with Crippen molar-refractivity contribution in [3.8, 4) is 11.3 Å². The molecule has 0 aliphatic carbocycles. The number of hydrogen-bond acceptors (Lipinski definition) is 2. The van der Waals surface area contributed by atoms with Crippen LogP contribution in [0.25, 0.3) is 16.9 Å². The van der Waals surface area contributed by atoms with E-state index in [2.05, 4.69) is 20.9 Å². The number of fused-ring (bicyclic) bond motifs is 1. The van der Waals surface area contributed by atoms with E-state index < -0.39 is 0 Å². The van der Waals surface area contributed by atoms with Gasteiger partial charge in [-0.1, -0.05) is 34.1 Å². The molecule has 0 spiro atoms. The first-order valence-electron chi connectivity index (χ1n) is 5.89. The van der Waals surface area contributed by atoms with Gasteiger partial charge in [0, 0.05) is 16.2 Å². The van der Waals surface area contributed by atoms with Crippen molar-refractivity contribution in [1.82, 2.24) is 9.38 Å². The van der Waals surface area contributed by atoms with E-state index in [-0.39, 0.29) is 0 Å². The van der Waals surface area contributed by atoms with Crippen LogP contribution < -0.4 is 0 Å². The molecule has 0 fully saturated rings. The monoisotopic (exact) mass is 314 g/mol. The van der Waals surface area contributed by atoms with E-state index in [1.165, 1.54) is 0 Å². The van der Waals surface area contributed by atoms with E-state index in [0.717, 1.165) is 27.5 Å². The zero-order valence-electron chi connectivity index (χ0n) is 10.3. The summed E-state index contributed by atoms with van der Waals surface area (Å²) in [5.41, 5.74) is 4.09. The van der Waals surface area contributed by atoms with Crippen LogP contribution in [0.15, 0.2) is 47.1 Å². The van der Waals surface area contributed by atoms with Gasteiger partial charge in [0.25, 0.3) is 0 Å². The third kappa shape index (κ3) is 1.98. The first-order chi connectivity index (χ1) is 9.20. The molecular formula is C15H11BrN2O. The number of carbonyl (C=O) groups excluding carboxylic acids is 1. The van der Waals surface area contributed by atoms with Crippen LogP contribution in [0.1, 0.15) is 16.1 Å². The summed E-state index contributed by atoms with van der Waals surface area (Å²) in [5, 5.41) is 0.